The van der Waals surface area contributed by atoms with Gasteiger partial charge in [-0.1, -0.05) is 66.2 Å². The van der Waals surface area contributed by atoms with Crippen molar-refractivity contribution in [2.45, 2.75) is 50.5 Å². The van der Waals surface area contributed by atoms with Crippen LogP contribution < -0.4 is 14.4 Å². The maximum atomic E-state index is 14.3. The highest BCUT2D eigenvalue weighted by atomic mass is 35.5. The molecule has 40 heavy (non-hydrogen) atoms. The van der Waals surface area contributed by atoms with Crippen LogP contribution >= 0.6 is 11.6 Å². The molecular weight excluding hydrogens is 527 g/mol. The van der Waals surface area contributed by atoms with Gasteiger partial charge in [-0.15, -0.1) is 0 Å². The molecule has 3 aromatic carbocycles. The highest BCUT2D eigenvalue weighted by Crippen LogP contribution is 2.41. The van der Waals surface area contributed by atoms with Crippen LogP contribution in [0.3, 0.4) is 0 Å². The van der Waals surface area contributed by atoms with Gasteiger partial charge in [0.15, 0.2) is 0 Å². The molecule has 1 aromatic heterocycles. The molecule has 4 heterocycles. The molecule has 4 aromatic rings. The third kappa shape index (κ3) is 4.75. The number of benzene rings is 3. The van der Waals surface area contributed by atoms with Crippen molar-refractivity contribution in [2.24, 2.45) is 0 Å². The Labute approximate surface area is 238 Å². The Bertz CT molecular complexity index is 1530. The van der Waals surface area contributed by atoms with E-state index in [0.29, 0.717) is 44.6 Å². The molecule has 3 aliphatic rings. The molecule has 0 N–H and O–H groups in total. The number of halogens is 2. The Morgan fingerprint density at radius 2 is 1.82 bits per heavy atom. The molecule has 0 unspecified atom stereocenters. The van der Waals surface area contributed by atoms with E-state index in [1.54, 1.807) is 0 Å². The van der Waals surface area contributed by atoms with Crippen molar-refractivity contribution in [1.82, 2.24) is 14.9 Å². The Morgan fingerprint density at radius 1 is 0.975 bits per heavy atom. The van der Waals surface area contributed by atoms with Gasteiger partial charge in [0.2, 0.25) is 5.88 Å². The quantitative estimate of drug-likeness (QED) is 0.262. The van der Waals surface area contributed by atoms with Gasteiger partial charge in [0, 0.05) is 36.1 Å². The molecule has 0 bridgehead atoms. The fourth-order valence-corrected chi connectivity index (χ4v) is 6.96. The standard InChI is InChI=1S/C32H32ClFN4O2/c33-26-11-4-9-23-10-5-12-28(29(23)26)37-16-13-25-27(19-37)35-31(36-30(25)39-20-22-7-2-1-3-8-22)40-21-32-14-6-15-38(32)18-24(34)17-32/h1-5,7-12,24H,6,13-21H2/t24-,32+/m1/s1. The summed E-state index contributed by atoms with van der Waals surface area (Å²) in [7, 11) is 0. The summed E-state index contributed by atoms with van der Waals surface area (Å²) in [5.41, 5.74) is 3.79. The Balaban J connectivity index is 1.20. The minimum absolute atomic E-state index is 0.268. The minimum atomic E-state index is -0.806. The van der Waals surface area contributed by atoms with Crippen LogP contribution in [0.4, 0.5) is 10.1 Å². The van der Waals surface area contributed by atoms with Gasteiger partial charge in [0.1, 0.15) is 19.4 Å². The predicted molar refractivity (Wildman–Crippen MR) is 155 cm³/mol. The number of hydrogen-bond donors (Lipinski definition) is 0. The Hall–Kier alpha value is -3.42. The molecule has 2 saturated heterocycles. The molecule has 0 aliphatic carbocycles. The number of fused-ring (bicyclic) bond motifs is 3. The van der Waals surface area contributed by atoms with Crippen molar-refractivity contribution in [1.29, 1.82) is 0 Å². The van der Waals surface area contributed by atoms with Gasteiger partial charge in [-0.25, -0.2) is 4.39 Å². The molecule has 3 aliphatic heterocycles. The van der Waals surface area contributed by atoms with E-state index in [1.807, 2.05) is 42.5 Å². The van der Waals surface area contributed by atoms with E-state index in [0.717, 1.165) is 70.7 Å². The average Bonchev–Trinajstić information content (AvgIpc) is 3.50. The highest BCUT2D eigenvalue weighted by molar-refractivity contribution is 6.36. The fraction of sp³-hybridized carbons (Fsp3) is 0.375. The molecule has 0 spiro atoms. The number of ether oxygens (including phenoxy) is 2. The smallest absolute Gasteiger partial charge is 0.320 e. The van der Waals surface area contributed by atoms with Crippen LogP contribution in [0.25, 0.3) is 10.8 Å². The maximum absolute atomic E-state index is 14.3. The zero-order valence-corrected chi connectivity index (χ0v) is 23.1. The summed E-state index contributed by atoms with van der Waals surface area (Å²) in [6.07, 6.45) is 2.44. The summed E-state index contributed by atoms with van der Waals surface area (Å²) in [5, 5.41) is 2.89. The highest BCUT2D eigenvalue weighted by Gasteiger charge is 2.49. The van der Waals surface area contributed by atoms with Gasteiger partial charge < -0.3 is 14.4 Å². The lowest BCUT2D eigenvalue weighted by atomic mass is 9.95. The molecule has 6 nitrogen and oxygen atoms in total. The molecule has 7 rings (SSSR count). The van der Waals surface area contributed by atoms with E-state index in [-0.39, 0.29) is 5.54 Å². The number of aromatic nitrogens is 2. The maximum Gasteiger partial charge on any atom is 0.320 e. The molecule has 2 atom stereocenters. The lowest BCUT2D eigenvalue weighted by Crippen LogP contribution is -2.43. The summed E-state index contributed by atoms with van der Waals surface area (Å²) in [6.45, 7) is 3.58. The number of rotatable bonds is 7. The second-order valence-electron chi connectivity index (χ2n) is 11.2. The van der Waals surface area contributed by atoms with Gasteiger partial charge in [0.25, 0.3) is 0 Å². The summed E-state index contributed by atoms with van der Waals surface area (Å²) in [5.74, 6) is 0.565. The van der Waals surface area contributed by atoms with E-state index in [9.17, 15) is 4.39 Å². The van der Waals surface area contributed by atoms with E-state index >= 15 is 0 Å². The topological polar surface area (TPSA) is 50.7 Å². The van der Waals surface area contributed by atoms with Crippen LogP contribution in [0.1, 0.15) is 36.1 Å². The summed E-state index contributed by atoms with van der Waals surface area (Å²) in [6, 6.07) is 22.6. The number of nitrogens with zero attached hydrogens (tertiary/aromatic N) is 4. The molecule has 0 saturated carbocycles. The largest absolute Gasteiger partial charge is 0.472 e. The van der Waals surface area contributed by atoms with E-state index in [4.69, 9.17) is 31.0 Å². The van der Waals surface area contributed by atoms with Crippen LogP contribution in [0, 0.1) is 0 Å². The van der Waals surface area contributed by atoms with Gasteiger partial charge in [-0.05, 0) is 48.9 Å². The van der Waals surface area contributed by atoms with Gasteiger partial charge in [-0.3, -0.25) is 4.90 Å². The van der Waals surface area contributed by atoms with Crippen molar-refractivity contribution < 1.29 is 13.9 Å². The first-order valence-corrected chi connectivity index (χ1v) is 14.5. The lowest BCUT2D eigenvalue weighted by molar-refractivity contribution is 0.106. The first-order valence-electron chi connectivity index (χ1n) is 14.1. The number of anilines is 1. The zero-order chi connectivity index (χ0) is 27.1. The Morgan fingerprint density at radius 3 is 2.70 bits per heavy atom. The van der Waals surface area contributed by atoms with Crippen LogP contribution in [0.2, 0.25) is 5.02 Å². The molecular formula is C32H32ClFN4O2. The van der Waals surface area contributed by atoms with E-state index in [1.165, 1.54) is 0 Å². The van der Waals surface area contributed by atoms with Crippen LogP contribution in [-0.2, 0) is 19.6 Å². The second kappa shape index (κ2) is 10.5. The van der Waals surface area contributed by atoms with Crippen LogP contribution in [0.5, 0.6) is 11.9 Å². The van der Waals surface area contributed by atoms with Crippen LogP contribution in [-0.4, -0.2) is 52.8 Å². The van der Waals surface area contributed by atoms with Crippen molar-refractivity contribution in [3.8, 4) is 11.9 Å². The summed E-state index contributed by atoms with van der Waals surface area (Å²) >= 11 is 6.67. The molecule has 8 heteroatoms. The SMILES string of the molecule is F[C@H]1CN2CCC[C@@]2(COc2nc3c(c(OCc4ccccc4)n2)CCN(c2cccc4cccc(Cl)c24)C3)C1. The van der Waals surface area contributed by atoms with Crippen molar-refractivity contribution >= 4 is 28.1 Å². The predicted octanol–water partition coefficient (Wildman–Crippen LogP) is 6.38. The zero-order valence-electron chi connectivity index (χ0n) is 22.4. The summed E-state index contributed by atoms with van der Waals surface area (Å²) in [4.78, 5) is 14.2. The van der Waals surface area contributed by atoms with Gasteiger partial charge >= 0.3 is 6.01 Å². The van der Waals surface area contributed by atoms with Crippen LogP contribution in [0.15, 0.2) is 66.7 Å². The molecule has 0 radical (unpaired) electrons. The number of hydrogen-bond acceptors (Lipinski definition) is 6. The normalized spacial score (nSPS) is 22.4. The van der Waals surface area contributed by atoms with Crippen molar-refractivity contribution in [3.63, 3.8) is 0 Å². The minimum Gasteiger partial charge on any atom is -0.472 e. The fourth-order valence-electron chi connectivity index (χ4n) is 6.68. The van der Waals surface area contributed by atoms with Crippen molar-refractivity contribution in [3.05, 3.63) is 88.6 Å². The van der Waals surface area contributed by atoms with Gasteiger partial charge in [-0.2, -0.15) is 9.97 Å². The lowest BCUT2D eigenvalue weighted by Gasteiger charge is -2.33. The molecule has 0 amide bonds. The number of alkyl halides is 1. The monoisotopic (exact) mass is 558 g/mol. The molecule has 206 valence electrons. The van der Waals surface area contributed by atoms with E-state index in [2.05, 4.69) is 34.1 Å². The molecule has 2 fully saturated rings. The van der Waals surface area contributed by atoms with Crippen molar-refractivity contribution in [2.75, 3.05) is 31.1 Å². The first-order chi connectivity index (χ1) is 19.6. The summed E-state index contributed by atoms with van der Waals surface area (Å²) < 4.78 is 26.9. The van der Waals surface area contributed by atoms with E-state index < -0.39 is 6.17 Å². The third-order valence-corrected chi connectivity index (χ3v) is 8.94. The average molecular weight is 559 g/mol. The first kappa shape index (κ1) is 25.5. The van der Waals surface area contributed by atoms with Gasteiger partial charge in [0.05, 0.1) is 22.8 Å². The third-order valence-electron chi connectivity index (χ3n) is 8.63. The second-order valence-corrected chi connectivity index (χ2v) is 11.6. The Kier molecular flexibility index (Phi) is 6.72.